The quantitative estimate of drug-likeness (QED) is 0.539. The predicted molar refractivity (Wildman–Crippen MR) is 149 cm³/mol. The number of amides is 4. The van der Waals surface area contributed by atoms with E-state index in [1.165, 1.54) is 0 Å². The van der Waals surface area contributed by atoms with Gasteiger partial charge in [-0.05, 0) is 55.5 Å². The van der Waals surface area contributed by atoms with Gasteiger partial charge in [0, 0.05) is 37.9 Å². The van der Waals surface area contributed by atoms with Crippen molar-refractivity contribution in [2.45, 2.75) is 59.2 Å². The molecule has 2 aromatic carbocycles. The molecule has 0 aromatic heterocycles. The number of para-hydroxylation sites is 1. The van der Waals surface area contributed by atoms with Gasteiger partial charge in [-0.25, -0.2) is 4.79 Å². The van der Waals surface area contributed by atoms with Crippen molar-refractivity contribution < 1.29 is 19.1 Å². The minimum atomic E-state index is -0.599. The van der Waals surface area contributed by atoms with Gasteiger partial charge in [0.1, 0.15) is 11.8 Å². The Labute approximate surface area is 229 Å². The molecule has 0 saturated carbocycles. The molecule has 2 aliphatic rings. The Kier molecular flexibility index (Phi) is 8.82. The van der Waals surface area contributed by atoms with Crippen molar-refractivity contribution in [3.63, 3.8) is 0 Å². The van der Waals surface area contributed by atoms with Crippen molar-refractivity contribution in [3.8, 4) is 5.75 Å². The Morgan fingerprint density at radius 1 is 1.13 bits per heavy atom. The third kappa shape index (κ3) is 5.90. The number of likely N-dealkylation sites (tertiary alicyclic amines) is 1. The first-order valence-electron chi connectivity index (χ1n) is 13.4. The first kappa shape index (κ1) is 27.8. The largest absolute Gasteiger partial charge is 0.494 e. The topological polar surface area (TPSA) is 82.2 Å². The number of urea groups is 1. The van der Waals surface area contributed by atoms with Gasteiger partial charge in [0.05, 0.1) is 17.2 Å². The summed E-state index contributed by atoms with van der Waals surface area (Å²) in [5.74, 6) is 0.284. The molecule has 1 N–H and O–H groups in total. The molecule has 0 aliphatic carbocycles. The number of hydrogen-bond donors (Lipinski definition) is 1. The second-order valence-electron chi connectivity index (χ2n) is 10.4. The van der Waals surface area contributed by atoms with Crippen LogP contribution in [0.2, 0.25) is 5.02 Å². The van der Waals surface area contributed by atoms with E-state index < -0.39 is 6.04 Å². The lowest BCUT2D eigenvalue weighted by molar-refractivity contribution is -0.137. The summed E-state index contributed by atoms with van der Waals surface area (Å²) >= 11 is 6.53. The second kappa shape index (κ2) is 12.1. The standard InChI is InChI=1S/C29H37ClN4O4/c1-5-15-38-22-11-12-23(24(30)16-22)27(35)34-17-20(4)33(18-21-9-6-7-10-25(21)34)29(37)31-26(19(2)3)28(36)32-13-8-14-32/h6-7,9-12,16,19-20,26H,5,8,13-15,17-18H2,1-4H3,(H,31,37)/t20-,26+/m0/s1. The van der Waals surface area contributed by atoms with Crippen LogP contribution in [-0.4, -0.2) is 66.0 Å². The molecule has 0 bridgehead atoms. The molecular formula is C29H37ClN4O4. The van der Waals surface area contributed by atoms with Gasteiger partial charge in [-0.3, -0.25) is 9.59 Å². The Bertz CT molecular complexity index is 1180. The Morgan fingerprint density at radius 2 is 1.87 bits per heavy atom. The highest BCUT2D eigenvalue weighted by molar-refractivity contribution is 6.34. The fourth-order valence-electron chi connectivity index (χ4n) is 4.76. The van der Waals surface area contributed by atoms with Crippen molar-refractivity contribution in [2.75, 3.05) is 31.1 Å². The lowest BCUT2D eigenvalue weighted by atomic mass is 10.0. The number of carbonyl (C=O) groups is 3. The fraction of sp³-hybridized carbons (Fsp3) is 0.483. The minimum Gasteiger partial charge on any atom is -0.494 e. The number of hydrogen-bond acceptors (Lipinski definition) is 4. The number of carbonyl (C=O) groups excluding carboxylic acids is 3. The van der Waals surface area contributed by atoms with E-state index in [9.17, 15) is 14.4 Å². The van der Waals surface area contributed by atoms with Crippen molar-refractivity contribution in [1.82, 2.24) is 15.1 Å². The molecule has 4 amide bonds. The molecule has 1 fully saturated rings. The minimum absolute atomic E-state index is 0.0414. The molecule has 2 aromatic rings. The zero-order valence-corrected chi connectivity index (χ0v) is 23.3. The van der Waals surface area contributed by atoms with Crippen molar-refractivity contribution in [3.05, 3.63) is 58.6 Å². The summed E-state index contributed by atoms with van der Waals surface area (Å²) in [7, 11) is 0. The maximum absolute atomic E-state index is 13.8. The normalized spacial score (nSPS) is 17.8. The van der Waals surface area contributed by atoms with Crippen LogP contribution in [0.5, 0.6) is 5.75 Å². The number of halogens is 1. The third-order valence-electron chi connectivity index (χ3n) is 7.13. The highest BCUT2D eigenvalue weighted by atomic mass is 35.5. The average Bonchev–Trinajstić information content (AvgIpc) is 3.00. The van der Waals surface area contributed by atoms with Gasteiger partial charge < -0.3 is 24.8 Å². The van der Waals surface area contributed by atoms with Crippen LogP contribution < -0.4 is 15.0 Å². The molecule has 0 spiro atoms. The molecule has 1 saturated heterocycles. The molecule has 38 heavy (non-hydrogen) atoms. The number of benzene rings is 2. The highest BCUT2D eigenvalue weighted by Gasteiger charge is 2.36. The average molecular weight is 541 g/mol. The molecule has 9 heteroatoms. The number of nitrogens with zero attached hydrogens (tertiary/aromatic N) is 3. The first-order valence-corrected chi connectivity index (χ1v) is 13.8. The zero-order chi connectivity index (χ0) is 27.4. The summed E-state index contributed by atoms with van der Waals surface area (Å²) in [6.07, 6.45) is 1.86. The molecule has 4 rings (SSSR count). The molecule has 0 unspecified atom stereocenters. The van der Waals surface area contributed by atoms with E-state index >= 15 is 0 Å². The van der Waals surface area contributed by atoms with E-state index in [-0.39, 0.29) is 36.3 Å². The maximum Gasteiger partial charge on any atom is 0.318 e. The molecule has 204 valence electrons. The number of fused-ring (bicyclic) bond motifs is 1. The van der Waals surface area contributed by atoms with E-state index in [0.29, 0.717) is 29.5 Å². The van der Waals surface area contributed by atoms with Crippen LogP contribution in [0.25, 0.3) is 0 Å². The molecule has 2 atom stereocenters. The summed E-state index contributed by atoms with van der Waals surface area (Å²) in [5, 5.41) is 3.31. The second-order valence-corrected chi connectivity index (χ2v) is 10.8. The van der Waals surface area contributed by atoms with Crippen LogP contribution in [0.3, 0.4) is 0 Å². The number of nitrogens with one attached hydrogen (secondary N) is 1. The third-order valence-corrected chi connectivity index (χ3v) is 7.44. The molecule has 2 aliphatic heterocycles. The van der Waals surface area contributed by atoms with Gasteiger partial charge in [0.15, 0.2) is 0 Å². The van der Waals surface area contributed by atoms with E-state index in [2.05, 4.69) is 5.32 Å². The molecule has 8 nitrogen and oxygen atoms in total. The number of rotatable bonds is 7. The van der Waals surface area contributed by atoms with Crippen LogP contribution in [0.15, 0.2) is 42.5 Å². The Hall–Kier alpha value is -3.26. The van der Waals surface area contributed by atoms with Gasteiger partial charge in [0.2, 0.25) is 5.91 Å². The molecule has 0 radical (unpaired) electrons. The van der Waals surface area contributed by atoms with Gasteiger partial charge in [0.25, 0.3) is 5.91 Å². The lowest BCUT2D eigenvalue weighted by Crippen LogP contribution is -2.58. The van der Waals surface area contributed by atoms with E-state index in [1.807, 2.05) is 52.0 Å². The summed E-state index contributed by atoms with van der Waals surface area (Å²) in [5.41, 5.74) is 1.95. The van der Waals surface area contributed by atoms with Gasteiger partial charge in [-0.2, -0.15) is 0 Å². The van der Waals surface area contributed by atoms with Gasteiger partial charge >= 0.3 is 6.03 Å². The highest BCUT2D eigenvalue weighted by Crippen LogP contribution is 2.31. The first-order chi connectivity index (χ1) is 18.2. The van der Waals surface area contributed by atoms with Gasteiger partial charge in [-0.1, -0.05) is 50.6 Å². The van der Waals surface area contributed by atoms with E-state index in [1.54, 1.807) is 32.9 Å². The fourth-order valence-corrected chi connectivity index (χ4v) is 5.01. The Balaban J connectivity index is 1.57. The van der Waals surface area contributed by atoms with Crippen LogP contribution in [-0.2, 0) is 11.3 Å². The van der Waals surface area contributed by atoms with E-state index in [4.69, 9.17) is 16.3 Å². The molecule has 2 heterocycles. The van der Waals surface area contributed by atoms with Crippen LogP contribution >= 0.6 is 11.6 Å². The smallest absolute Gasteiger partial charge is 0.318 e. The summed E-state index contributed by atoms with van der Waals surface area (Å²) in [6, 6.07) is 11.5. The zero-order valence-electron chi connectivity index (χ0n) is 22.6. The van der Waals surface area contributed by atoms with E-state index in [0.717, 1.165) is 37.2 Å². The lowest BCUT2D eigenvalue weighted by Gasteiger charge is -2.37. The van der Waals surface area contributed by atoms with Crippen molar-refractivity contribution in [2.24, 2.45) is 5.92 Å². The number of anilines is 1. The monoisotopic (exact) mass is 540 g/mol. The Morgan fingerprint density at radius 3 is 2.50 bits per heavy atom. The van der Waals surface area contributed by atoms with Gasteiger partial charge in [-0.15, -0.1) is 0 Å². The van der Waals surface area contributed by atoms with Crippen LogP contribution in [0.4, 0.5) is 10.5 Å². The summed E-state index contributed by atoms with van der Waals surface area (Å²) in [6.45, 7) is 10.4. The van der Waals surface area contributed by atoms with Crippen molar-refractivity contribution in [1.29, 1.82) is 0 Å². The summed E-state index contributed by atoms with van der Waals surface area (Å²) in [4.78, 5) is 45.5. The molecular weight excluding hydrogens is 504 g/mol. The van der Waals surface area contributed by atoms with Crippen LogP contribution in [0.1, 0.15) is 56.5 Å². The van der Waals surface area contributed by atoms with Crippen LogP contribution in [0, 0.1) is 5.92 Å². The van der Waals surface area contributed by atoms with Crippen molar-refractivity contribution >= 4 is 35.1 Å². The summed E-state index contributed by atoms with van der Waals surface area (Å²) < 4.78 is 5.65. The maximum atomic E-state index is 13.8. The number of ether oxygens (including phenoxy) is 1. The SMILES string of the molecule is CCCOc1ccc(C(=O)N2C[C@H](C)N(C(=O)N[C@@H](C(=O)N3CCC3)C(C)C)Cc3ccccc32)c(Cl)c1. The predicted octanol–water partition coefficient (Wildman–Crippen LogP) is 4.95.